The fraction of sp³-hybridized carbons (Fsp3) is 0.250. The summed E-state index contributed by atoms with van der Waals surface area (Å²) in [4.78, 5) is 0. The molecule has 2 aromatic rings. The van der Waals surface area contributed by atoms with Gasteiger partial charge in [0.15, 0.2) is 0 Å². The van der Waals surface area contributed by atoms with E-state index in [1.54, 1.807) is 0 Å². The Bertz CT molecular complexity index is 666. The SMILES string of the molecule is NC1(c2ccc(C(F)(F)F)c(F)c2)Cc2ccccc2C1. The molecule has 21 heavy (non-hydrogen) atoms. The second-order valence-corrected chi connectivity index (χ2v) is 5.47. The van der Waals surface area contributed by atoms with Crippen LogP contribution in [0.1, 0.15) is 22.3 Å². The molecule has 0 amide bonds. The van der Waals surface area contributed by atoms with Crippen LogP contribution in [0, 0.1) is 5.82 Å². The highest BCUT2D eigenvalue weighted by atomic mass is 19.4. The molecule has 0 aliphatic heterocycles. The second-order valence-electron chi connectivity index (χ2n) is 5.47. The number of alkyl halides is 3. The number of benzene rings is 2. The first-order valence-corrected chi connectivity index (χ1v) is 6.52. The predicted molar refractivity (Wildman–Crippen MR) is 71.1 cm³/mol. The Morgan fingerprint density at radius 2 is 1.52 bits per heavy atom. The molecular formula is C16H13F4N. The fourth-order valence-electron chi connectivity index (χ4n) is 2.90. The Kier molecular flexibility index (Phi) is 3.06. The number of hydrogen-bond acceptors (Lipinski definition) is 1. The monoisotopic (exact) mass is 295 g/mol. The van der Waals surface area contributed by atoms with Crippen LogP contribution < -0.4 is 5.73 Å². The average Bonchev–Trinajstić information content (AvgIpc) is 2.74. The lowest BCUT2D eigenvalue weighted by Gasteiger charge is -2.25. The molecule has 1 nitrogen and oxygen atoms in total. The number of rotatable bonds is 1. The molecule has 5 heteroatoms. The van der Waals surface area contributed by atoms with E-state index in [2.05, 4.69) is 0 Å². The van der Waals surface area contributed by atoms with Crippen LogP contribution in [0.4, 0.5) is 17.6 Å². The first-order valence-electron chi connectivity index (χ1n) is 6.52. The van der Waals surface area contributed by atoms with Crippen molar-refractivity contribution in [1.29, 1.82) is 0 Å². The van der Waals surface area contributed by atoms with Crippen LogP contribution >= 0.6 is 0 Å². The standard InChI is InChI=1S/C16H13F4N/c17-14-7-12(5-6-13(14)16(18,19)20)15(21)8-10-3-1-2-4-11(10)9-15/h1-7H,8-9,21H2. The molecule has 0 fully saturated rings. The van der Waals surface area contributed by atoms with Gasteiger partial charge in [-0.2, -0.15) is 13.2 Å². The first kappa shape index (κ1) is 14.1. The maximum absolute atomic E-state index is 13.7. The van der Waals surface area contributed by atoms with Crippen LogP contribution in [-0.4, -0.2) is 0 Å². The van der Waals surface area contributed by atoms with Gasteiger partial charge in [0.1, 0.15) is 5.82 Å². The van der Waals surface area contributed by atoms with Crippen LogP contribution in [-0.2, 0) is 24.6 Å². The number of halogens is 4. The van der Waals surface area contributed by atoms with Gasteiger partial charge in [-0.1, -0.05) is 30.3 Å². The Morgan fingerprint density at radius 1 is 0.952 bits per heavy atom. The molecule has 1 aliphatic carbocycles. The summed E-state index contributed by atoms with van der Waals surface area (Å²) in [6.45, 7) is 0. The van der Waals surface area contributed by atoms with Gasteiger partial charge in [-0.05, 0) is 41.7 Å². The zero-order valence-electron chi connectivity index (χ0n) is 11.0. The van der Waals surface area contributed by atoms with E-state index in [-0.39, 0.29) is 0 Å². The number of fused-ring (bicyclic) bond motifs is 1. The van der Waals surface area contributed by atoms with E-state index in [1.165, 1.54) is 6.07 Å². The molecule has 2 aromatic carbocycles. The highest BCUT2D eigenvalue weighted by Crippen LogP contribution is 2.38. The molecule has 0 heterocycles. The maximum Gasteiger partial charge on any atom is 0.419 e. The van der Waals surface area contributed by atoms with Gasteiger partial charge in [-0.25, -0.2) is 4.39 Å². The maximum atomic E-state index is 13.7. The van der Waals surface area contributed by atoms with Crippen molar-refractivity contribution in [1.82, 2.24) is 0 Å². The van der Waals surface area contributed by atoms with Gasteiger partial charge >= 0.3 is 6.18 Å². The molecule has 0 aromatic heterocycles. The smallest absolute Gasteiger partial charge is 0.321 e. The van der Waals surface area contributed by atoms with Crippen LogP contribution in [0.5, 0.6) is 0 Å². The van der Waals surface area contributed by atoms with E-state index in [0.717, 1.165) is 23.3 Å². The van der Waals surface area contributed by atoms with Crippen molar-refractivity contribution in [3.63, 3.8) is 0 Å². The molecule has 3 rings (SSSR count). The Hall–Kier alpha value is -1.88. The molecule has 0 radical (unpaired) electrons. The molecule has 1 aliphatic rings. The van der Waals surface area contributed by atoms with Crippen LogP contribution in [0.25, 0.3) is 0 Å². The van der Waals surface area contributed by atoms with Crippen LogP contribution in [0.3, 0.4) is 0 Å². The number of hydrogen-bond donors (Lipinski definition) is 1. The molecule has 110 valence electrons. The third-order valence-electron chi connectivity index (χ3n) is 3.98. The third-order valence-corrected chi connectivity index (χ3v) is 3.98. The zero-order valence-corrected chi connectivity index (χ0v) is 11.0. The normalized spacial score (nSPS) is 16.8. The van der Waals surface area contributed by atoms with Crippen molar-refractivity contribution in [3.05, 3.63) is 70.5 Å². The molecule has 0 spiro atoms. The van der Waals surface area contributed by atoms with Gasteiger partial charge in [0, 0.05) is 5.54 Å². The summed E-state index contributed by atoms with van der Waals surface area (Å²) in [7, 11) is 0. The summed E-state index contributed by atoms with van der Waals surface area (Å²) in [5.41, 5.74) is 6.70. The van der Waals surface area contributed by atoms with E-state index in [4.69, 9.17) is 5.73 Å². The van der Waals surface area contributed by atoms with E-state index < -0.39 is 23.1 Å². The minimum Gasteiger partial charge on any atom is -0.321 e. The van der Waals surface area contributed by atoms with E-state index >= 15 is 0 Å². The molecule has 0 saturated carbocycles. The second kappa shape index (κ2) is 4.56. The summed E-state index contributed by atoms with van der Waals surface area (Å²) >= 11 is 0. The van der Waals surface area contributed by atoms with E-state index in [9.17, 15) is 17.6 Å². The van der Waals surface area contributed by atoms with Gasteiger partial charge in [0.25, 0.3) is 0 Å². The number of nitrogens with two attached hydrogens (primary N) is 1. The summed E-state index contributed by atoms with van der Waals surface area (Å²) in [5, 5.41) is 0. The first-order chi connectivity index (χ1) is 9.79. The van der Waals surface area contributed by atoms with Crippen molar-refractivity contribution < 1.29 is 17.6 Å². The lowest BCUT2D eigenvalue weighted by atomic mass is 9.87. The summed E-state index contributed by atoms with van der Waals surface area (Å²) in [5.74, 6) is -1.28. The van der Waals surface area contributed by atoms with Crippen molar-refractivity contribution in [2.75, 3.05) is 0 Å². The molecule has 0 atom stereocenters. The van der Waals surface area contributed by atoms with Crippen molar-refractivity contribution in [2.24, 2.45) is 5.73 Å². The molecule has 0 saturated heterocycles. The molecule has 0 unspecified atom stereocenters. The van der Waals surface area contributed by atoms with E-state index in [1.807, 2.05) is 24.3 Å². The van der Waals surface area contributed by atoms with Gasteiger partial charge in [0.2, 0.25) is 0 Å². The van der Waals surface area contributed by atoms with Gasteiger partial charge in [-0.3, -0.25) is 0 Å². The molecular weight excluding hydrogens is 282 g/mol. The lowest BCUT2D eigenvalue weighted by Crippen LogP contribution is -2.37. The van der Waals surface area contributed by atoms with Crippen molar-refractivity contribution >= 4 is 0 Å². The van der Waals surface area contributed by atoms with Gasteiger partial charge in [0.05, 0.1) is 5.56 Å². The minimum absolute atomic E-state index is 0.393. The fourth-order valence-corrected chi connectivity index (χ4v) is 2.90. The van der Waals surface area contributed by atoms with Crippen LogP contribution in [0.2, 0.25) is 0 Å². The quantitative estimate of drug-likeness (QED) is 0.796. The minimum atomic E-state index is -4.69. The van der Waals surface area contributed by atoms with Gasteiger partial charge in [-0.15, -0.1) is 0 Å². The van der Waals surface area contributed by atoms with Crippen molar-refractivity contribution in [2.45, 2.75) is 24.6 Å². The van der Waals surface area contributed by atoms with E-state index in [0.29, 0.717) is 18.4 Å². The summed E-state index contributed by atoms with van der Waals surface area (Å²) < 4.78 is 51.5. The predicted octanol–water partition coefficient (Wildman–Crippen LogP) is 3.80. The highest BCUT2D eigenvalue weighted by molar-refractivity contribution is 5.42. The Balaban J connectivity index is 1.98. The highest BCUT2D eigenvalue weighted by Gasteiger charge is 2.38. The average molecular weight is 295 g/mol. The van der Waals surface area contributed by atoms with Crippen molar-refractivity contribution in [3.8, 4) is 0 Å². The Morgan fingerprint density at radius 3 is 2.00 bits per heavy atom. The topological polar surface area (TPSA) is 26.0 Å². The zero-order chi connectivity index (χ0) is 15.3. The Labute approximate surface area is 119 Å². The lowest BCUT2D eigenvalue weighted by molar-refractivity contribution is -0.140. The summed E-state index contributed by atoms with van der Waals surface area (Å²) in [6, 6.07) is 10.6. The molecule has 0 bridgehead atoms. The summed E-state index contributed by atoms with van der Waals surface area (Å²) in [6.07, 6.45) is -3.70. The van der Waals surface area contributed by atoms with Gasteiger partial charge < -0.3 is 5.73 Å². The largest absolute Gasteiger partial charge is 0.419 e. The molecule has 2 N–H and O–H groups in total. The van der Waals surface area contributed by atoms with Crippen LogP contribution in [0.15, 0.2) is 42.5 Å². The third kappa shape index (κ3) is 2.42.